The van der Waals surface area contributed by atoms with Gasteiger partial charge in [0.2, 0.25) is 0 Å². The van der Waals surface area contributed by atoms with Crippen molar-refractivity contribution < 1.29 is 14.6 Å². The molecule has 1 aromatic carbocycles. The first-order chi connectivity index (χ1) is 10.0. The molecule has 0 bridgehead atoms. The summed E-state index contributed by atoms with van der Waals surface area (Å²) < 4.78 is 5.27. The maximum Gasteiger partial charge on any atom is 0.410 e. The second-order valence-electron chi connectivity index (χ2n) is 6.08. The summed E-state index contributed by atoms with van der Waals surface area (Å²) in [5.41, 5.74) is 1.06. The van der Waals surface area contributed by atoms with Crippen LogP contribution in [-0.2, 0) is 4.74 Å². The summed E-state index contributed by atoms with van der Waals surface area (Å²) >= 11 is 0. The predicted octanol–water partition coefficient (Wildman–Crippen LogP) is 3.37. The number of benzene rings is 1. The van der Waals surface area contributed by atoms with Crippen LogP contribution in [0.4, 0.5) is 4.79 Å². The van der Waals surface area contributed by atoms with Gasteiger partial charge >= 0.3 is 6.09 Å². The Balaban J connectivity index is 2.28. The van der Waals surface area contributed by atoms with E-state index in [4.69, 9.17) is 4.74 Å². The number of amides is 1. The Labute approximate surface area is 126 Å². The molecule has 2 rings (SSSR count). The van der Waals surface area contributed by atoms with Crippen molar-refractivity contribution in [3.05, 3.63) is 35.9 Å². The fourth-order valence-electron chi connectivity index (χ4n) is 2.94. The van der Waals surface area contributed by atoms with Crippen molar-refractivity contribution in [2.75, 3.05) is 6.61 Å². The monoisotopic (exact) mass is 291 g/mol. The van der Waals surface area contributed by atoms with Crippen molar-refractivity contribution in [2.45, 2.75) is 51.8 Å². The molecule has 4 nitrogen and oxygen atoms in total. The summed E-state index contributed by atoms with van der Waals surface area (Å²) in [5.74, 6) is 0.404. The molecule has 1 fully saturated rings. The third kappa shape index (κ3) is 3.56. The first kappa shape index (κ1) is 15.8. The number of aliphatic hydroxyl groups is 1. The van der Waals surface area contributed by atoms with Gasteiger partial charge < -0.3 is 9.84 Å². The van der Waals surface area contributed by atoms with Gasteiger partial charge in [-0.25, -0.2) is 4.79 Å². The number of carbonyl (C=O) groups is 1. The standard InChI is InChI=1S/C17H25NO3/c1-4-16(19)14(10-12(2)3)18-15(11-21-17(18)20)13-8-6-5-7-9-13/h5-9,12,14-16,19H,4,10-11H2,1-3H3/t14-,15+,16?/m0/s1. The average Bonchev–Trinajstić information content (AvgIpc) is 2.86. The molecule has 1 saturated heterocycles. The Morgan fingerprint density at radius 3 is 2.57 bits per heavy atom. The fraction of sp³-hybridized carbons (Fsp3) is 0.588. The SMILES string of the molecule is CCC(O)[C@H](CC(C)C)N1C(=O)OC[C@@H]1c1ccccc1. The highest BCUT2D eigenvalue weighted by Gasteiger charge is 2.41. The van der Waals surface area contributed by atoms with Crippen molar-refractivity contribution in [3.63, 3.8) is 0 Å². The molecule has 0 saturated carbocycles. The van der Waals surface area contributed by atoms with E-state index in [9.17, 15) is 9.90 Å². The third-order valence-electron chi connectivity index (χ3n) is 4.03. The van der Waals surface area contributed by atoms with E-state index in [1.165, 1.54) is 0 Å². The highest BCUT2D eigenvalue weighted by molar-refractivity contribution is 5.71. The Morgan fingerprint density at radius 1 is 1.33 bits per heavy atom. The van der Waals surface area contributed by atoms with Gasteiger partial charge in [-0.1, -0.05) is 51.1 Å². The number of ether oxygens (including phenoxy) is 1. The molecule has 0 aromatic heterocycles. The van der Waals surface area contributed by atoms with E-state index in [0.29, 0.717) is 18.9 Å². The zero-order valence-electron chi connectivity index (χ0n) is 13.0. The molecule has 1 N–H and O–H groups in total. The summed E-state index contributed by atoms with van der Waals surface area (Å²) in [6.07, 6.45) is 0.558. The first-order valence-corrected chi connectivity index (χ1v) is 7.72. The molecule has 116 valence electrons. The molecule has 4 heteroatoms. The van der Waals surface area contributed by atoms with Crippen LogP contribution in [0.3, 0.4) is 0 Å². The Kier molecular flexibility index (Phi) is 5.23. The maximum absolute atomic E-state index is 12.2. The van der Waals surface area contributed by atoms with E-state index in [0.717, 1.165) is 12.0 Å². The summed E-state index contributed by atoms with van der Waals surface area (Å²) in [6.45, 7) is 6.51. The molecule has 1 amide bonds. The van der Waals surface area contributed by atoms with Crippen LogP contribution in [0.2, 0.25) is 0 Å². The van der Waals surface area contributed by atoms with Gasteiger partial charge in [0, 0.05) is 0 Å². The lowest BCUT2D eigenvalue weighted by atomic mass is 9.94. The molecule has 0 aliphatic carbocycles. The lowest BCUT2D eigenvalue weighted by Gasteiger charge is -2.34. The number of hydrogen-bond donors (Lipinski definition) is 1. The van der Waals surface area contributed by atoms with Gasteiger partial charge in [-0.2, -0.15) is 0 Å². The minimum absolute atomic E-state index is 0.108. The van der Waals surface area contributed by atoms with Gasteiger partial charge in [0.25, 0.3) is 0 Å². The molecule has 0 spiro atoms. The van der Waals surface area contributed by atoms with Gasteiger partial charge in [0.1, 0.15) is 6.61 Å². The Hall–Kier alpha value is -1.55. The second-order valence-corrected chi connectivity index (χ2v) is 6.08. The summed E-state index contributed by atoms with van der Waals surface area (Å²) in [6, 6.07) is 9.58. The van der Waals surface area contributed by atoms with Crippen molar-refractivity contribution in [2.24, 2.45) is 5.92 Å². The van der Waals surface area contributed by atoms with Crippen LogP contribution in [0.5, 0.6) is 0 Å². The lowest BCUT2D eigenvalue weighted by Crippen LogP contribution is -2.46. The van der Waals surface area contributed by atoms with Crippen molar-refractivity contribution in [1.82, 2.24) is 4.90 Å². The van der Waals surface area contributed by atoms with E-state index in [2.05, 4.69) is 13.8 Å². The molecular formula is C17H25NO3. The molecule has 0 radical (unpaired) electrons. The molecule has 1 aromatic rings. The van der Waals surface area contributed by atoms with Crippen LogP contribution >= 0.6 is 0 Å². The maximum atomic E-state index is 12.2. The summed E-state index contributed by atoms with van der Waals surface area (Å²) in [7, 11) is 0. The largest absolute Gasteiger partial charge is 0.447 e. The number of cyclic esters (lactones) is 1. The van der Waals surface area contributed by atoms with Crippen molar-refractivity contribution in [3.8, 4) is 0 Å². The zero-order valence-corrected chi connectivity index (χ0v) is 13.0. The fourth-order valence-corrected chi connectivity index (χ4v) is 2.94. The molecular weight excluding hydrogens is 266 g/mol. The van der Waals surface area contributed by atoms with Gasteiger partial charge in [0.05, 0.1) is 18.2 Å². The number of carbonyl (C=O) groups excluding carboxylic acids is 1. The smallest absolute Gasteiger partial charge is 0.410 e. The molecule has 1 aliphatic rings. The second kappa shape index (κ2) is 6.94. The summed E-state index contributed by atoms with van der Waals surface area (Å²) in [5, 5.41) is 10.4. The van der Waals surface area contributed by atoms with E-state index < -0.39 is 6.10 Å². The Bertz CT molecular complexity index is 460. The van der Waals surface area contributed by atoms with E-state index in [1.54, 1.807) is 4.90 Å². The van der Waals surface area contributed by atoms with Crippen molar-refractivity contribution in [1.29, 1.82) is 0 Å². The van der Waals surface area contributed by atoms with Crippen LogP contribution in [0, 0.1) is 5.92 Å². The van der Waals surface area contributed by atoms with Crippen molar-refractivity contribution >= 4 is 6.09 Å². The van der Waals surface area contributed by atoms with Crippen LogP contribution in [-0.4, -0.2) is 34.9 Å². The number of nitrogens with zero attached hydrogens (tertiary/aromatic N) is 1. The van der Waals surface area contributed by atoms with Gasteiger partial charge in [-0.15, -0.1) is 0 Å². The van der Waals surface area contributed by atoms with Crippen LogP contribution in [0.25, 0.3) is 0 Å². The number of hydrogen-bond acceptors (Lipinski definition) is 3. The molecule has 1 heterocycles. The van der Waals surface area contributed by atoms with Gasteiger partial charge in [-0.05, 0) is 24.3 Å². The quantitative estimate of drug-likeness (QED) is 0.874. The average molecular weight is 291 g/mol. The number of rotatable bonds is 6. The summed E-state index contributed by atoms with van der Waals surface area (Å²) in [4.78, 5) is 13.9. The molecule has 1 unspecified atom stereocenters. The normalized spacial score (nSPS) is 21.5. The van der Waals surface area contributed by atoms with E-state index >= 15 is 0 Å². The molecule has 21 heavy (non-hydrogen) atoms. The molecule has 1 aliphatic heterocycles. The van der Waals surface area contributed by atoms with E-state index in [-0.39, 0.29) is 18.2 Å². The highest BCUT2D eigenvalue weighted by atomic mass is 16.6. The third-order valence-corrected chi connectivity index (χ3v) is 4.03. The lowest BCUT2D eigenvalue weighted by molar-refractivity contribution is 0.0434. The molecule has 3 atom stereocenters. The number of aliphatic hydroxyl groups excluding tert-OH is 1. The minimum Gasteiger partial charge on any atom is -0.447 e. The van der Waals surface area contributed by atoms with Gasteiger partial charge in [0.15, 0.2) is 0 Å². The predicted molar refractivity (Wildman–Crippen MR) is 81.9 cm³/mol. The van der Waals surface area contributed by atoms with Crippen LogP contribution in [0.1, 0.15) is 45.2 Å². The van der Waals surface area contributed by atoms with Gasteiger partial charge in [-0.3, -0.25) is 4.90 Å². The van der Waals surface area contributed by atoms with Crippen LogP contribution < -0.4 is 0 Å². The zero-order chi connectivity index (χ0) is 15.4. The topological polar surface area (TPSA) is 49.8 Å². The van der Waals surface area contributed by atoms with E-state index in [1.807, 2.05) is 37.3 Å². The minimum atomic E-state index is -0.524. The Morgan fingerprint density at radius 2 is 2.00 bits per heavy atom. The highest BCUT2D eigenvalue weighted by Crippen LogP contribution is 2.33. The van der Waals surface area contributed by atoms with Crippen LogP contribution in [0.15, 0.2) is 30.3 Å². The first-order valence-electron chi connectivity index (χ1n) is 7.72.